The van der Waals surface area contributed by atoms with E-state index >= 15 is 0 Å². The molecule has 3 aromatic rings. The van der Waals surface area contributed by atoms with Crippen molar-refractivity contribution in [2.24, 2.45) is 0 Å². The van der Waals surface area contributed by atoms with Crippen LogP contribution >= 0.6 is 0 Å². The van der Waals surface area contributed by atoms with E-state index in [1.165, 1.54) is 0 Å². The molecule has 1 aliphatic heterocycles. The SMILES string of the molecule is c1ccc(-c2noc(C3CCN(CCCn4ccnc4)CC3)n2)cc1. The van der Waals surface area contributed by atoms with Gasteiger partial charge in [-0.1, -0.05) is 35.5 Å². The molecule has 0 amide bonds. The Bertz CT molecular complexity index is 760. The summed E-state index contributed by atoms with van der Waals surface area (Å²) in [6.45, 7) is 4.35. The number of aryl methyl sites for hydroxylation is 1. The molecule has 1 aromatic carbocycles. The van der Waals surface area contributed by atoms with E-state index in [0.717, 1.165) is 56.9 Å². The molecule has 1 fully saturated rings. The molecule has 6 nitrogen and oxygen atoms in total. The normalized spacial score (nSPS) is 16.3. The smallest absolute Gasteiger partial charge is 0.230 e. The third-order valence-corrected chi connectivity index (χ3v) is 4.86. The van der Waals surface area contributed by atoms with E-state index in [1.807, 2.05) is 49.1 Å². The summed E-state index contributed by atoms with van der Waals surface area (Å²) < 4.78 is 7.67. The molecule has 0 bridgehead atoms. The second-order valence-corrected chi connectivity index (χ2v) is 6.59. The van der Waals surface area contributed by atoms with Gasteiger partial charge < -0.3 is 14.0 Å². The number of hydrogen-bond donors (Lipinski definition) is 0. The van der Waals surface area contributed by atoms with Crippen molar-refractivity contribution in [2.75, 3.05) is 19.6 Å². The first-order valence-electron chi connectivity index (χ1n) is 8.95. The zero-order valence-corrected chi connectivity index (χ0v) is 14.3. The fourth-order valence-corrected chi connectivity index (χ4v) is 3.40. The molecule has 130 valence electrons. The van der Waals surface area contributed by atoms with Gasteiger partial charge in [-0.3, -0.25) is 0 Å². The molecular formula is C19H23N5O. The molecule has 2 aromatic heterocycles. The monoisotopic (exact) mass is 337 g/mol. The van der Waals surface area contributed by atoms with Crippen LogP contribution in [0.3, 0.4) is 0 Å². The second-order valence-electron chi connectivity index (χ2n) is 6.59. The third kappa shape index (κ3) is 3.96. The number of rotatable bonds is 6. The van der Waals surface area contributed by atoms with Gasteiger partial charge in [0.05, 0.1) is 6.33 Å². The Kier molecular flexibility index (Phi) is 4.88. The predicted molar refractivity (Wildman–Crippen MR) is 95.0 cm³/mol. The Morgan fingerprint density at radius 2 is 1.92 bits per heavy atom. The van der Waals surface area contributed by atoms with Gasteiger partial charge in [0.2, 0.25) is 11.7 Å². The van der Waals surface area contributed by atoms with E-state index in [4.69, 9.17) is 4.52 Å². The van der Waals surface area contributed by atoms with E-state index < -0.39 is 0 Å². The first-order valence-corrected chi connectivity index (χ1v) is 8.95. The number of imidazole rings is 1. The van der Waals surface area contributed by atoms with Crippen LogP contribution in [0.4, 0.5) is 0 Å². The Labute approximate surface area is 147 Å². The average molecular weight is 337 g/mol. The largest absolute Gasteiger partial charge is 0.339 e. The molecule has 4 rings (SSSR count). The summed E-state index contributed by atoms with van der Waals surface area (Å²) >= 11 is 0. The van der Waals surface area contributed by atoms with Gasteiger partial charge in [-0.15, -0.1) is 0 Å². The first kappa shape index (κ1) is 16.0. The quantitative estimate of drug-likeness (QED) is 0.691. The van der Waals surface area contributed by atoms with Crippen LogP contribution in [0.5, 0.6) is 0 Å². The second kappa shape index (κ2) is 7.61. The zero-order chi connectivity index (χ0) is 16.9. The maximum absolute atomic E-state index is 5.53. The fraction of sp³-hybridized carbons (Fsp3) is 0.421. The Hall–Kier alpha value is -2.47. The first-order chi connectivity index (χ1) is 12.4. The summed E-state index contributed by atoms with van der Waals surface area (Å²) in [4.78, 5) is 11.2. The lowest BCUT2D eigenvalue weighted by molar-refractivity contribution is 0.190. The van der Waals surface area contributed by atoms with Gasteiger partial charge in [0, 0.05) is 30.4 Å². The van der Waals surface area contributed by atoms with Gasteiger partial charge in [-0.25, -0.2) is 4.98 Å². The highest BCUT2D eigenvalue weighted by molar-refractivity contribution is 5.53. The number of likely N-dealkylation sites (tertiary alicyclic amines) is 1. The number of benzene rings is 1. The van der Waals surface area contributed by atoms with Crippen LogP contribution in [0.2, 0.25) is 0 Å². The maximum Gasteiger partial charge on any atom is 0.230 e. The topological polar surface area (TPSA) is 60.0 Å². The van der Waals surface area contributed by atoms with Crippen LogP contribution in [0.25, 0.3) is 11.4 Å². The molecular weight excluding hydrogens is 314 g/mol. The van der Waals surface area contributed by atoms with E-state index in [0.29, 0.717) is 11.7 Å². The summed E-state index contributed by atoms with van der Waals surface area (Å²) in [5.74, 6) is 1.87. The third-order valence-electron chi connectivity index (χ3n) is 4.86. The minimum atomic E-state index is 0.384. The standard InChI is InChI=1S/C19H23N5O/c1-2-5-16(6-3-1)18-21-19(25-22-18)17-7-12-23(13-8-17)10-4-11-24-14-9-20-15-24/h1-3,5-6,9,14-15,17H,4,7-8,10-13H2. The lowest BCUT2D eigenvalue weighted by Crippen LogP contribution is -2.34. The lowest BCUT2D eigenvalue weighted by Gasteiger charge is -2.30. The van der Waals surface area contributed by atoms with Gasteiger partial charge in [0.15, 0.2) is 0 Å². The molecule has 0 saturated carbocycles. The van der Waals surface area contributed by atoms with Crippen molar-refractivity contribution in [3.8, 4) is 11.4 Å². The molecule has 0 unspecified atom stereocenters. The summed E-state index contributed by atoms with van der Waals surface area (Å²) in [5, 5.41) is 4.15. The summed E-state index contributed by atoms with van der Waals surface area (Å²) in [6.07, 6.45) is 9.06. The minimum absolute atomic E-state index is 0.384. The zero-order valence-electron chi connectivity index (χ0n) is 14.3. The maximum atomic E-state index is 5.53. The molecule has 1 saturated heterocycles. The van der Waals surface area contributed by atoms with Crippen LogP contribution in [-0.4, -0.2) is 44.2 Å². The molecule has 1 aliphatic rings. The molecule has 0 aliphatic carbocycles. The predicted octanol–water partition coefficient (Wildman–Crippen LogP) is 3.20. The highest BCUT2D eigenvalue weighted by Gasteiger charge is 2.25. The van der Waals surface area contributed by atoms with Crippen molar-refractivity contribution in [3.63, 3.8) is 0 Å². The van der Waals surface area contributed by atoms with E-state index in [9.17, 15) is 0 Å². The number of nitrogens with zero attached hydrogens (tertiary/aromatic N) is 5. The summed E-state index contributed by atoms with van der Waals surface area (Å²) in [5.41, 5.74) is 1.01. The fourth-order valence-electron chi connectivity index (χ4n) is 3.40. The van der Waals surface area contributed by atoms with Gasteiger partial charge >= 0.3 is 0 Å². The number of aromatic nitrogens is 4. The van der Waals surface area contributed by atoms with Gasteiger partial charge in [-0.05, 0) is 38.9 Å². The highest BCUT2D eigenvalue weighted by atomic mass is 16.5. The Balaban J connectivity index is 1.27. The van der Waals surface area contributed by atoms with E-state index in [-0.39, 0.29) is 0 Å². The lowest BCUT2D eigenvalue weighted by atomic mass is 9.96. The Morgan fingerprint density at radius 3 is 2.68 bits per heavy atom. The Morgan fingerprint density at radius 1 is 1.08 bits per heavy atom. The van der Waals surface area contributed by atoms with E-state index in [2.05, 4.69) is 24.6 Å². The van der Waals surface area contributed by atoms with Crippen LogP contribution < -0.4 is 0 Å². The molecule has 0 atom stereocenters. The summed E-state index contributed by atoms with van der Waals surface area (Å²) in [7, 11) is 0. The number of piperidine rings is 1. The van der Waals surface area contributed by atoms with Crippen molar-refractivity contribution in [1.29, 1.82) is 0 Å². The van der Waals surface area contributed by atoms with Crippen LogP contribution in [-0.2, 0) is 6.54 Å². The van der Waals surface area contributed by atoms with Crippen LogP contribution in [0, 0.1) is 0 Å². The van der Waals surface area contributed by atoms with Crippen LogP contribution in [0.1, 0.15) is 31.1 Å². The molecule has 6 heteroatoms. The minimum Gasteiger partial charge on any atom is -0.339 e. The molecule has 0 N–H and O–H groups in total. The molecule has 3 heterocycles. The number of hydrogen-bond acceptors (Lipinski definition) is 5. The van der Waals surface area contributed by atoms with Crippen molar-refractivity contribution >= 4 is 0 Å². The molecule has 0 radical (unpaired) electrons. The van der Waals surface area contributed by atoms with Crippen molar-refractivity contribution in [3.05, 3.63) is 54.9 Å². The molecule has 25 heavy (non-hydrogen) atoms. The van der Waals surface area contributed by atoms with Gasteiger partial charge in [-0.2, -0.15) is 4.98 Å². The highest BCUT2D eigenvalue weighted by Crippen LogP contribution is 2.28. The van der Waals surface area contributed by atoms with Crippen LogP contribution in [0.15, 0.2) is 53.6 Å². The van der Waals surface area contributed by atoms with Crippen molar-refractivity contribution < 1.29 is 4.52 Å². The van der Waals surface area contributed by atoms with Gasteiger partial charge in [0.1, 0.15) is 0 Å². The average Bonchev–Trinajstić information content (AvgIpc) is 3.35. The molecule has 0 spiro atoms. The van der Waals surface area contributed by atoms with Crippen molar-refractivity contribution in [2.45, 2.75) is 31.7 Å². The summed E-state index contributed by atoms with van der Waals surface area (Å²) in [6, 6.07) is 10.0. The van der Waals surface area contributed by atoms with Gasteiger partial charge in [0.25, 0.3) is 0 Å². The van der Waals surface area contributed by atoms with Crippen molar-refractivity contribution in [1.82, 2.24) is 24.6 Å². The van der Waals surface area contributed by atoms with E-state index in [1.54, 1.807) is 0 Å².